The van der Waals surface area contributed by atoms with Gasteiger partial charge in [0.15, 0.2) is 11.6 Å². The third-order valence-corrected chi connectivity index (χ3v) is 7.78. The molecule has 0 aliphatic carbocycles. The molecule has 4 aromatic rings. The number of carbonyl (C=O) groups is 2. The molecule has 1 aliphatic rings. The predicted octanol–water partition coefficient (Wildman–Crippen LogP) is 6.81. The molecule has 47 heavy (non-hydrogen) atoms. The molecule has 2 N–H and O–H groups in total. The van der Waals surface area contributed by atoms with Gasteiger partial charge in [0.25, 0.3) is 5.91 Å². The Morgan fingerprint density at radius 1 is 0.851 bits per heavy atom. The molecule has 244 valence electrons. The summed E-state index contributed by atoms with van der Waals surface area (Å²) in [5.74, 6) is 0.175. The Hall–Kier alpha value is -4.95. The van der Waals surface area contributed by atoms with Gasteiger partial charge in [-0.15, -0.1) is 0 Å². The third-order valence-electron chi connectivity index (χ3n) is 7.78. The van der Waals surface area contributed by atoms with E-state index in [9.17, 15) is 9.59 Å². The highest BCUT2D eigenvalue weighted by atomic mass is 16.6. The molecule has 1 amide bonds. The molecule has 0 saturated heterocycles. The first-order valence-corrected chi connectivity index (χ1v) is 16.0. The molecule has 0 saturated carbocycles. The van der Waals surface area contributed by atoms with Gasteiger partial charge in [-0.3, -0.25) is 9.59 Å². The van der Waals surface area contributed by atoms with Gasteiger partial charge in [0.2, 0.25) is 5.90 Å². The van der Waals surface area contributed by atoms with Crippen LogP contribution in [0, 0.1) is 0 Å². The van der Waals surface area contributed by atoms with E-state index in [0.717, 1.165) is 22.3 Å². The van der Waals surface area contributed by atoms with Crippen molar-refractivity contribution in [2.75, 3.05) is 13.2 Å². The van der Waals surface area contributed by atoms with Crippen LogP contribution in [0.5, 0.6) is 5.75 Å². The summed E-state index contributed by atoms with van der Waals surface area (Å²) in [5.41, 5.74) is 2.32. The van der Waals surface area contributed by atoms with E-state index in [2.05, 4.69) is 5.32 Å². The average molecular weight is 635 g/mol. The second-order valence-corrected chi connectivity index (χ2v) is 12.5. The number of aliphatic imine (C=N–C) groups is 1. The molecule has 8 heteroatoms. The minimum Gasteiger partial charge on any atom is -0.494 e. The quantitative estimate of drug-likeness (QED) is 0.124. The van der Waals surface area contributed by atoms with Gasteiger partial charge in [0.05, 0.1) is 6.61 Å². The highest BCUT2D eigenvalue weighted by molar-refractivity contribution is 6.01. The van der Waals surface area contributed by atoms with Gasteiger partial charge in [-0.2, -0.15) is 0 Å². The van der Waals surface area contributed by atoms with Crippen molar-refractivity contribution in [3.8, 4) is 16.9 Å². The van der Waals surface area contributed by atoms with Crippen LogP contribution in [0.1, 0.15) is 62.8 Å². The smallest absolute Gasteiger partial charge is 0.306 e. The summed E-state index contributed by atoms with van der Waals surface area (Å²) in [5, 5.41) is 12.2. The molecule has 0 spiro atoms. The number of aliphatic hydroxyl groups excluding tert-OH is 1. The first-order valence-electron chi connectivity index (χ1n) is 16.0. The van der Waals surface area contributed by atoms with Crippen molar-refractivity contribution in [1.82, 2.24) is 5.32 Å². The van der Waals surface area contributed by atoms with Crippen molar-refractivity contribution < 1.29 is 28.9 Å². The average Bonchev–Trinajstić information content (AvgIpc) is 3.48. The van der Waals surface area contributed by atoms with Gasteiger partial charge in [-0.25, -0.2) is 4.99 Å². The maximum Gasteiger partial charge on any atom is 0.306 e. The van der Waals surface area contributed by atoms with E-state index in [1.54, 1.807) is 12.1 Å². The number of benzene rings is 4. The van der Waals surface area contributed by atoms with Crippen molar-refractivity contribution >= 4 is 17.8 Å². The van der Waals surface area contributed by atoms with Gasteiger partial charge >= 0.3 is 5.97 Å². The second kappa shape index (κ2) is 15.1. The zero-order chi connectivity index (χ0) is 33.3. The normalized spacial score (nSPS) is 17.4. The fraction of sp³-hybridized carbons (Fsp3) is 0.308. The summed E-state index contributed by atoms with van der Waals surface area (Å²) < 4.78 is 17.9. The number of hydrogen-bond donors (Lipinski definition) is 2. The zero-order valence-electron chi connectivity index (χ0n) is 27.1. The van der Waals surface area contributed by atoms with Crippen LogP contribution in [-0.2, 0) is 25.6 Å². The fourth-order valence-corrected chi connectivity index (χ4v) is 5.47. The minimum absolute atomic E-state index is 0.0353. The molecule has 1 heterocycles. The van der Waals surface area contributed by atoms with Crippen molar-refractivity contribution in [3.63, 3.8) is 0 Å². The Balaban J connectivity index is 1.52. The van der Waals surface area contributed by atoms with Crippen LogP contribution in [0.2, 0.25) is 0 Å². The summed E-state index contributed by atoms with van der Waals surface area (Å²) in [6, 6.07) is 34.9. The molecule has 5 rings (SSSR count). The second-order valence-electron chi connectivity index (χ2n) is 12.5. The Labute approximate surface area is 276 Å². The van der Waals surface area contributed by atoms with Gasteiger partial charge in [-0.05, 0) is 73.7 Å². The van der Waals surface area contributed by atoms with Crippen LogP contribution in [0.25, 0.3) is 11.1 Å². The molecule has 0 fully saturated rings. The number of esters is 1. The minimum atomic E-state index is -1.47. The number of aliphatic hydroxyl groups is 1. The molecule has 1 aliphatic heterocycles. The van der Waals surface area contributed by atoms with Crippen LogP contribution >= 0.6 is 0 Å². The largest absolute Gasteiger partial charge is 0.494 e. The van der Waals surface area contributed by atoms with E-state index in [0.29, 0.717) is 30.2 Å². The molecule has 0 unspecified atom stereocenters. The molecule has 0 aromatic heterocycles. The maximum absolute atomic E-state index is 14.4. The summed E-state index contributed by atoms with van der Waals surface area (Å²) in [6.07, 6.45) is -0.257. The lowest BCUT2D eigenvalue weighted by molar-refractivity contribution is -0.155. The molecule has 4 aromatic carbocycles. The number of hydrogen-bond acceptors (Lipinski definition) is 7. The highest BCUT2D eigenvalue weighted by Crippen LogP contribution is 2.44. The molecule has 2 atom stereocenters. The van der Waals surface area contributed by atoms with E-state index >= 15 is 0 Å². The van der Waals surface area contributed by atoms with E-state index in [4.69, 9.17) is 24.3 Å². The van der Waals surface area contributed by atoms with E-state index in [1.165, 1.54) is 0 Å². The lowest BCUT2D eigenvalue weighted by atomic mass is 9.83. The predicted molar refractivity (Wildman–Crippen MR) is 182 cm³/mol. The van der Waals surface area contributed by atoms with Crippen LogP contribution in [0.3, 0.4) is 0 Å². The van der Waals surface area contributed by atoms with Crippen LogP contribution in [0.15, 0.2) is 114 Å². The summed E-state index contributed by atoms with van der Waals surface area (Å²) in [4.78, 5) is 32.4. The van der Waals surface area contributed by atoms with E-state index in [-0.39, 0.29) is 31.9 Å². The van der Waals surface area contributed by atoms with E-state index in [1.807, 2.05) is 118 Å². The zero-order valence-corrected chi connectivity index (χ0v) is 27.1. The molecule has 0 radical (unpaired) electrons. The summed E-state index contributed by atoms with van der Waals surface area (Å²) in [6.45, 7) is 6.18. The van der Waals surface area contributed by atoms with Gasteiger partial charge in [0, 0.05) is 31.6 Å². The van der Waals surface area contributed by atoms with Gasteiger partial charge < -0.3 is 24.6 Å². The number of carbonyl (C=O) groups excluding carboxylic acids is 2. The fourth-order valence-electron chi connectivity index (χ4n) is 5.47. The van der Waals surface area contributed by atoms with Crippen molar-refractivity contribution in [1.29, 1.82) is 0 Å². The number of nitrogens with one attached hydrogen (secondary N) is 1. The maximum atomic E-state index is 14.4. The van der Waals surface area contributed by atoms with E-state index < -0.39 is 23.2 Å². The first-order chi connectivity index (χ1) is 22.7. The highest BCUT2D eigenvalue weighted by Gasteiger charge is 2.53. The number of nitrogens with zero attached hydrogens (tertiary/aromatic N) is 1. The van der Waals surface area contributed by atoms with Gasteiger partial charge in [0.1, 0.15) is 11.4 Å². The number of ether oxygens (including phenoxy) is 3. The summed E-state index contributed by atoms with van der Waals surface area (Å²) in [7, 11) is 0. The Morgan fingerprint density at radius 2 is 1.47 bits per heavy atom. The SMILES string of the molecule is CC(C)(C)OC(=O)CC[C@@]1(C(=O)NCc2ccccc2)N=C(c2ccc(OCCCO)cc2)O[C@@H]1c1ccc(-c2ccccc2)cc1. The van der Waals surface area contributed by atoms with Crippen molar-refractivity contribution in [3.05, 3.63) is 126 Å². The van der Waals surface area contributed by atoms with Crippen molar-refractivity contribution in [2.45, 2.75) is 63.8 Å². The molecule has 8 nitrogen and oxygen atoms in total. The molecular formula is C39H42N2O6. The lowest BCUT2D eigenvalue weighted by Crippen LogP contribution is -2.48. The lowest BCUT2D eigenvalue weighted by Gasteiger charge is -2.31. The van der Waals surface area contributed by atoms with Gasteiger partial charge in [-0.1, -0.05) is 84.9 Å². The van der Waals surface area contributed by atoms with Crippen molar-refractivity contribution in [2.24, 2.45) is 4.99 Å². The summed E-state index contributed by atoms with van der Waals surface area (Å²) >= 11 is 0. The first kappa shape index (κ1) is 33.4. The monoisotopic (exact) mass is 634 g/mol. The number of amides is 1. The topological polar surface area (TPSA) is 106 Å². The van der Waals surface area contributed by atoms with Crippen LogP contribution < -0.4 is 10.1 Å². The Kier molecular flexibility index (Phi) is 10.7. The number of rotatable bonds is 13. The standard InChI is InChI=1S/C39H42N2O6/c1-38(2,3)47-34(43)23-24-39(37(44)40-27-28-11-6-4-7-12-28)35(31-17-15-30(16-18-31)29-13-8-5-9-14-29)46-36(41-39)32-19-21-33(22-20-32)45-26-10-25-42/h4-9,11-22,35,42H,10,23-27H2,1-3H3,(H,40,44)/t35-,39-/m1/s1. The molecular weight excluding hydrogens is 592 g/mol. The molecule has 0 bridgehead atoms. The van der Waals surface area contributed by atoms with Crippen LogP contribution in [-0.4, -0.2) is 47.2 Å². The Morgan fingerprint density at radius 3 is 2.11 bits per heavy atom. The Bertz CT molecular complexity index is 1650. The van der Waals surface area contributed by atoms with Crippen LogP contribution in [0.4, 0.5) is 0 Å². The third kappa shape index (κ3) is 8.65.